The van der Waals surface area contributed by atoms with Crippen LogP contribution >= 0.6 is 11.6 Å². The molecule has 0 aliphatic carbocycles. The third-order valence-electron chi connectivity index (χ3n) is 4.31. The molecule has 1 saturated heterocycles. The molecule has 0 bridgehead atoms. The summed E-state index contributed by atoms with van der Waals surface area (Å²) in [5, 5.41) is 3.41. The molecule has 0 saturated carbocycles. The van der Waals surface area contributed by atoms with Gasteiger partial charge in [-0.2, -0.15) is 0 Å². The second-order valence-electron chi connectivity index (χ2n) is 6.23. The Morgan fingerprint density at radius 3 is 2.32 bits per heavy atom. The average Bonchev–Trinajstić information content (AvgIpc) is 3.10. The Labute approximate surface area is 166 Å². The van der Waals surface area contributed by atoms with Gasteiger partial charge in [0.05, 0.1) is 5.69 Å². The summed E-state index contributed by atoms with van der Waals surface area (Å²) in [5.74, 6) is 5.74. The molecular weight excluding hydrogens is 379 g/mol. The predicted octanol–water partition coefficient (Wildman–Crippen LogP) is 4.80. The van der Waals surface area contributed by atoms with Crippen molar-refractivity contribution < 1.29 is 13.9 Å². The van der Waals surface area contributed by atoms with E-state index in [2.05, 4.69) is 22.1 Å². The Kier molecular flexibility index (Phi) is 4.96. The molecule has 4 nitrogen and oxygen atoms in total. The fourth-order valence-corrected chi connectivity index (χ4v) is 3.03. The number of carbonyl (C=O) groups is 1. The summed E-state index contributed by atoms with van der Waals surface area (Å²) >= 11 is 5.87. The number of carbonyl (C=O) groups excluding carboxylic acids is 1. The molecule has 2 heterocycles. The summed E-state index contributed by atoms with van der Waals surface area (Å²) in [6, 6.07) is 16.3. The number of halogens is 2. The van der Waals surface area contributed by atoms with Crippen LogP contribution in [-0.2, 0) is 4.74 Å². The summed E-state index contributed by atoms with van der Waals surface area (Å²) in [4.78, 5) is 16.2. The molecule has 3 aromatic rings. The van der Waals surface area contributed by atoms with Crippen LogP contribution in [0.5, 0.6) is 0 Å². The molecule has 2 aromatic carbocycles. The molecule has 4 rings (SSSR count). The van der Waals surface area contributed by atoms with Crippen LogP contribution in [0.4, 0.5) is 9.18 Å². The highest BCUT2D eigenvalue weighted by molar-refractivity contribution is 6.30. The monoisotopic (exact) mass is 392 g/mol. The van der Waals surface area contributed by atoms with Crippen LogP contribution in [0.25, 0.3) is 0 Å². The molecule has 138 valence electrons. The minimum absolute atomic E-state index is 0.348. The maximum Gasteiger partial charge on any atom is 0.408 e. The van der Waals surface area contributed by atoms with Crippen LogP contribution in [-0.4, -0.2) is 11.1 Å². The lowest BCUT2D eigenvalue weighted by Crippen LogP contribution is -2.20. The number of aromatic nitrogens is 1. The van der Waals surface area contributed by atoms with Crippen molar-refractivity contribution in [1.82, 2.24) is 10.3 Å². The van der Waals surface area contributed by atoms with Crippen LogP contribution in [0.1, 0.15) is 34.5 Å². The maximum absolute atomic E-state index is 13.2. The van der Waals surface area contributed by atoms with Crippen LogP contribution in [0.3, 0.4) is 0 Å². The standard InChI is InChI=1S/C22H14ClFN2O2/c23-17-8-3-14(4-9-17)1-2-15-5-12-19(25-13-15)20-21(28-22(27)26-20)16-6-10-18(24)11-7-16/h3-13,20-21H,(H,26,27)/t20-,21-/m0/s1. The van der Waals surface area contributed by atoms with Crippen molar-refractivity contribution in [2.45, 2.75) is 12.1 Å². The van der Waals surface area contributed by atoms with Gasteiger partial charge in [-0.3, -0.25) is 4.98 Å². The molecule has 1 fully saturated rings. The SMILES string of the molecule is O=C1N[C@@H](c2ccc(C#Cc3ccc(Cl)cc3)cn2)[C@H](c2ccc(F)cc2)O1. The Balaban J connectivity index is 1.55. The second kappa shape index (κ2) is 7.71. The first-order valence-electron chi connectivity index (χ1n) is 8.55. The van der Waals surface area contributed by atoms with Gasteiger partial charge in [-0.05, 0) is 54.1 Å². The van der Waals surface area contributed by atoms with Gasteiger partial charge in [-0.25, -0.2) is 9.18 Å². The Morgan fingerprint density at radius 2 is 1.64 bits per heavy atom. The number of pyridine rings is 1. The van der Waals surface area contributed by atoms with Crippen LogP contribution in [0, 0.1) is 17.7 Å². The van der Waals surface area contributed by atoms with E-state index in [4.69, 9.17) is 16.3 Å². The normalized spacial score (nSPS) is 18.0. The second-order valence-corrected chi connectivity index (χ2v) is 6.66. The van der Waals surface area contributed by atoms with Crippen molar-refractivity contribution in [2.24, 2.45) is 0 Å². The zero-order valence-electron chi connectivity index (χ0n) is 14.5. The van der Waals surface area contributed by atoms with Gasteiger partial charge in [-0.1, -0.05) is 35.6 Å². The van der Waals surface area contributed by atoms with E-state index in [1.165, 1.54) is 12.1 Å². The van der Waals surface area contributed by atoms with E-state index < -0.39 is 18.2 Å². The largest absolute Gasteiger partial charge is 0.439 e. The number of cyclic esters (lactones) is 1. The van der Waals surface area contributed by atoms with Gasteiger partial charge >= 0.3 is 6.09 Å². The molecule has 1 N–H and O–H groups in total. The van der Waals surface area contributed by atoms with E-state index >= 15 is 0 Å². The highest BCUT2D eigenvalue weighted by Crippen LogP contribution is 2.35. The lowest BCUT2D eigenvalue weighted by atomic mass is 9.99. The number of benzene rings is 2. The zero-order valence-corrected chi connectivity index (χ0v) is 15.3. The Hall–Kier alpha value is -3.36. The number of rotatable bonds is 2. The number of nitrogens with one attached hydrogen (secondary N) is 1. The summed E-state index contributed by atoms with van der Waals surface area (Å²) < 4.78 is 18.5. The topological polar surface area (TPSA) is 51.2 Å². The number of hydrogen-bond donors (Lipinski definition) is 1. The molecule has 2 atom stereocenters. The minimum Gasteiger partial charge on any atom is -0.439 e. The van der Waals surface area contributed by atoms with E-state index in [9.17, 15) is 9.18 Å². The third kappa shape index (κ3) is 3.98. The van der Waals surface area contributed by atoms with Crippen LogP contribution < -0.4 is 5.32 Å². The number of alkyl carbamates (subject to hydrolysis) is 1. The molecule has 28 heavy (non-hydrogen) atoms. The highest BCUT2D eigenvalue weighted by atomic mass is 35.5. The lowest BCUT2D eigenvalue weighted by molar-refractivity contribution is 0.132. The predicted molar refractivity (Wildman–Crippen MR) is 103 cm³/mol. The zero-order chi connectivity index (χ0) is 19.5. The molecule has 0 radical (unpaired) electrons. The number of nitrogens with zero attached hydrogens (tertiary/aromatic N) is 1. The van der Waals surface area contributed by atoms with E-state index in [1.807, 2.05) is 18.2 Å². The van der Waals surface area contributed by atoms with Crippen molar-refractivity contribution in [3.8, 4) is 11.8 Å². The van der Waals surface area contributed by atoms with Gasteiger partial charge in [0.25, 0.3) is 0 Å². The van der Waals surface area contributed by atoms with Gasteiger partial charge in [0.1, 0.15) is 11.9 Å². The number of ether oxygens (including phenoxy) is 1. The molecule has 1 aliphatic heterocycles. The quantitative estimate of drug-likeness (QED) is 0.637. The van der Waals surface area contributed by atoms with Crippen molar-refractivity contribution >= 4 is 17.7 Å². The van der Waals surface area contributed by atoms with E-state index in [0.717, 1.165) is 11.1 Å². The Bertz CT molecular complexity index is 1050. The molecule has 1 amide bonds. The first-order chi connectivity index (χ1) is 13.6. The Morgan fingerprint density at radius 1 is 0.964 bits per heavy atom. The maximum atomic E-state index is 13.2. The van der Waals surface area contributed by atoms with Gasteiger partial charge in [-0.15, -0.1) is 0 Å². The number of amides is 1. The van der Waals surface area contributed by atoms with E-state index in [-0.39, 0.29) is 5.82 Å². The fraction of sp³-hybridized carbons (Fsp3) is 0.0909. The smallest absolute Gasteiger partial charge is 0.408 e. The highest BCUT2D eigenvalue weighted by Gasteiger charge is 2.37. The van der Waals surface area contributed by atoms with Gasteiger partial charge in [0, 0.05) is 22.3 Å². The first-order valence-corrected chi connectivity index (χ1v) is 8.92. The lowest BCUT2D eigenvalue weighted by Gasteiger charge is -2.16. The third-order valence-corrected chi connectivity index (χ3v) is 4.56. The van der Waals surface area contributed by atoms with E-state index in [1.54, 1.807) is 36.5 Å². The van der Waals surface area contributed by atoms with Crippen molar-refractivity contribution in [3.05, 3.63) is 100 Å². The molecule has 0 spiro atoms. The summed E-state index contributed by atoms with van der Waals surface area (Å²) in [6.07, 6.45) is 0.532. The summed E-state index contributed by atoms with van der Waals surface area (Å²) in [6.45, 7) is 0. The summed E-state index contributed by atoms with van der Waals surface area (Å²) in [5.41, 5.74) is 2.92. The minimum atomic E-state index is -0.577. The molecule has 1 aliphatic rings. The molecule has 0 unspecified atom stereocenters. The number of hydrogen-bond acceptors (Lipinski definition) is 3. The van der Waals surface area contributed by atoms with Crippen LogP contribution in [0.15, 0.2) is 66.9 Å². The van der Waals surface area contributed by atoms with Gasteiger partial charge in [0.2, 0.25) is 0 Å². The van der Waals surface area contributed by atoms with Crippen LogP contribution in [0.2, 0.25) is 5.02 Å². The summed E-state index contributed by atoms with van der Waals surface area (Å²) in [7, 11) is 0. The fourth-order valence-electron chi connectivity index (χ4n) is 2.90. The molecule has 1 aromatic heterocycles. The van der Waals surface area contributed by atoms with Crippen molar-refractivity contribution in [1.29, 1.82) is 0 Å². The molecule has 6 heteroatoms. The van der Waals surface area contributed by atoms with Crippen molar-refractivity contribution in [2.75, 3.05) is 0 Å². The average molecular weight is 393 g/mol. The molecular formula is C22H14ClFN2O2. The van der Waals surface area contributed by atoms with Gasteiger partial charge in [0.15, 0.2) is 6.10 Å². The van der Waals surface area contributed by atoms with Gasteiger partial charge < -0.3 is 10.1 Å². The first kappa shape index (κ1) is 18.0. The van der Waals surface area contributed by atoms with Crippen molar-refractivity contribution in [3.63, 3.8) is 0 Å². The van der Waals surface area contributed by atoms with E-state index in [0.29, 0.717) is 16.3 Å².